The van der Waals surface area contributed by atoms with Crippen LogP contribution >= 0.6 is 0 Å². The number of rotatable bonds is 4. The van der Waals surface area contributed by atoms with Crippen LogP contribution in [0.3, 0.4) is 0 Å². The summed E-state index contributed by atoms with van der Waals surface area (Å²) in [6.45, 7) is 9.25. The van der Waals surface area contributed by atoms with Gasteiger partial charge in [0, 0.05) is 11.1 Å². The van der Waals surface area contributed by atoms with Crippen molar-refractivity contribution in [1.29, 1.82) is 0 Å². The minimum Gasteiger partial charge on any atom is -0.494 e. The van der Waals surface area contributed by atoms with E-state index in [2.05, 4.69) is 50.0 Å². The molecule has 3 heteroatoms. The number of nitrogens with zero attached hydrogens (tertiary/aromatic N) is 1. The van der Waals surface area contributed by atoms with E-state index in [4.69, 9.17) is 9.15 Å². The summed E-state index contributed by atoms with van der Waals surface area (Å²) in [7, 11) is 0. The van der Waals surface area contributed by atoms with Gasteiger partial charge in [-0.05, 0) is 54.3 Å². The molecule has 0 saturated carbocycles. The smallest absolute Gasteiger partial charge is 0.226 e. The molecule has 0 N–H and O–H groups in total. The lowest BCUT2D eigenvalue weighted by Crippen LogP contribution is -2.10. The van der Waals surface area contributed by atoms with Crippen LogP contribution in [0.2, 0.25) is 0 Å². The second-order valence-corrected chi connectivity index (χ2v) is 6.81. The van der Waals surface area contributed by atoms with Crippen molar-refractivity contribution in [3.8, 4) is 28.5 Å². The molecule has 124 valence electrons. The van der Waals surface area contributed by atoms with E-state index in [0.717, 1.165) is 22.6 Å². The molecule has 0 fully saturated rings. The Morgan fingerprint density at radius 1 is 0.917 bits per heavy atom. The van der Waals surface area contributed by atoms with E-state index < -0.39 is 0 Å². The van der Waals surface area contributed by atoms with Gasteiger partial charge >= 0.3 is 0 Å². The number of oxazole rings is 1. The molecule has 0 aliphatic carbocycles. The lowest BCUT2D eigenvalue weighted by molar-refractivity contribution is 0.340. The molecule has 0 radical (unpaired) electrons. The zero-order chi connectivity index (χ0) is 17.2. The summed E-state index contributed by atoms with van der Waals surface area (Å²) < 4.78 is 11.4. The first-order chi connectivity index (χ1) is 11.5. The summed E-state index contributed by atoms with van der Waals surface area (Å²) in [4.78, 5) is 4.42. The number of hydrogen-bond acceptors (Lipinski definition) is 3. The summed E-state index contributed by atoms with van der Waals surface area (Å²) in [5, 5.41) is 0. The van der Waals surface area contributed by atoms with Crippen LogP contribution in [0.4, 0.5) is 0 Å². The molecule has 24 heavy (non-hydrogen) atoms. The predicted octanol–water partition coefficient (Wildman–Crippen LogP) is 5.70. The van der Waals surface area contributed by atoms with Crippen LogP contribution in [0.15, 0.2) is 59.1 Å². The molecular formula is C21H23NO2. The average molecular weight is 321 g/mol. The third-order valence-electron chi connectivity index (χ3n) is 3.95. The van der Waals surface area contributed by atoms with Gasteiger partial charge in [0.15, 0.2) is 5.76 Å². The number of benzene rings is 2. The molecular weight excluding hydrogens is 298 g/mol. The zero-order valence-electron chi connectivity index (χ0n) is 14.7. The summed E-state index contributed by atoms with van der Waals surface area (Å²) in [5.41, 5.74) is 3.41. The van der Waals surface area contributed by atoms with Crippen molar-refractivity contribution < 1.29 is 9.15 Å². The first kappa shape index (κ1) is 16.3. The fourth-order valence-corrected chi connectivity index (χ4v) is 2.54. The Morgan fingerprint density at radius 2 is 1.54 bits per heavy atom. The summed E-state index contributed by atoms with van der Waals surface area (Å²) >= 11 is 0. The van der Waals surface area contributed by atoms with Crippen molar-refractivity contribution in [1.82, 2.24) is 4.98 Å². The van der Waals surface area contributed by atoms with Crippen molar-refractivity contribution in [2.45, 2.75) is 33.1 Å². The Morgan fingerprint density at radius 3 is 2.12 bits per heavy atom. The van der Waals surface area contributed by atoms with Crippen LogP contribution in [-0.2, 0) is 5.41 Å². The summed E-state index contributed by atoms with van der Waals surface area (Å²) in [6, 6.07) is 16.3. The minimum absolute atomic E-state index is 0.141. The summed E-state index contributed by atoms with van der Waals surface area (Å²) in [6.07, 6.45) is 1.77. The molecule has 0 amide bonds. The van der Waals surface area contributed by atoms with Crippen LogP contribution in [0.1, 0.15) is 33.3 Å². The van der Waals surface area contributed by atoms with Crippen LogP contribution < -0.4 is 4.74 Å². The van der Waals surface area contributed by atoms with Gasteiger partial charge in [0.2, 0.25) is 5.89 Å². The lowest BCUT2D eigenvalue weighted by atomic mass is 9.87. The molecule has 0 atom stereocenters. The molecule has 3 rings (SSSR count). The molecule has 0 saturated heterocycles. The van der Waals surface area contributed by atoms with Gasteiger partial charge in [-0.1, -0.05) is 32.9 Å². The highest BCUT2D eigenvalue weighted by Crippen LogP contribution is 2.29. The van der Waals surface area contributed by atoms with Gasteiger partial charge in [0.25, 0.3) is 0 Å². The molecule has 0 bridgehead atoms. The molecule has 1 heterocycles. The van der Waals surface area contributed by atoms with Crippen molar-refractivity contribution in [3.05, 3.63) is 60.3 Å². The number of aromatic nitrogens is 1. The topological polar surface area (TPSA) is 35.3 Å². The van der Waals surface area contributed by atoms with E-state index in [0.29, 0.717) is 12.5 Å². The second-order valence-electron chi connectivity index (χ2n) is 6.81. The highest BCUT2D eigenvalue weighted by atomic mass is 16.5. The third kappa shape index (κ3) is 3.51. The fourth-order valence-electron chi connectivity index (χ4n) is 2.54. The van der Waals surface area contributed by atoms with Gasteiger partial charge in [-0.2, -0.15) is 0 Å². The van der Waals surface area contributed by atoms with E-state index in [9.17, 15) is 0 Å². The van der Waals surface area contributed by atoms with E-state index >= 15 is 0 Å². The summed E-state index contributed by atoms with van der Waals surface area (Å²) in [5.74, 6) is 2.26. The largest absolute Gasteiger partial charge is 0.494 e. The molecule has 0 aliphatic heterocycles. The van der Waals surface area contributed by atoms with Crippen molar-refractivity contribution in [3.63, 3.8) is 0 Å². The van der Waals surface area contributed by atoms with Crippen LogP contribution in [0.5, 0.6) is 5.75 Å². The van der Waals surface area contributed by atoms with Crippen LogP contribution in [-0.4, -0.2) is 11.6 Å². The Kier molecular flexibility index (Phi) is 4.43. The molecule has 2 aromatic carbocycles. The van der Waals surface area contributed by atoms with Gasteiger partial charge in [-0.25, -0.2) is 4.98 Å². The van der Waals surface area contributed by atoms with Crippen molar-refractivity contribution in [2.75, 3.05) is 6.61 Å². The van der Waals surface area contributed by atoms with Gasteiger partial charge in [-0.15, -0.1) is 0 Å². The fraction of sp³-hybridized carbons (Fsp3) is 0.286. The maximum Gasteiger partial charge on any atom is 0.226 e. The Hall–Kier alpha value is -2.55. The molecule has 0 aliphatic rings. The number of hydrogen-bond donors (Lipinski definition) is 0. The Bertz CT molecular complexity index is 793. The first-order valence-electron chi connectivity index (χ1n) is 8.27. The number of ether oxygens (including phenoxy) is 1. The van der Waals surface area contributed by atoms with Gasteiger partial charge in [0.05, 0.1) is 12.8 Å². The van der Waals surface area contributed by atoms with E-state index in [1.54, 1.807) is 6.20 Å². The lowest BCUT2D eigenvalue weighted by Gasteiger charge is -2.18. The Labute approximate surface area is 143 Å². The standard InChI is InChI=1S/C21H23NO2/c1-5-23-18-12-8-15(9-13-18)19-14-22-20(24-19)16-6-10-17(11-7-16)21(2,3)4/h6-14H,5H2,1-4H3. The highest BCUT2D eigenvalue weighted by molar-refractivity contribution is 5.62. The second kappa shape index (κ2) is 6.52. The van der Waals surface area contributed by atoms with Gasteiger partial charge in [0.1, 0.15) is 5.75 Å². The van der Waals surface area contributed by atoms with E-state index in [-0.39, 0.29) is 5.41 Å². The zero-order valence-corrected chi connectivity index (χ0v) is 14.7. The first-order valence-corrected chi connectivity index (χ1v) is 8.27. The molecule has 1 aromatic heterocycles. The van der Waals surface area contributed by atoms with E-state index in [1.807, 2.05) is 31.2 Å². The van der Waals surface area contributed by atoms with Crippen molar-refractivity contribution in [2.24, 2.45) is 0 Å². The maximum atomic E-state index is 5.93. The normalized spacial score (nSPS) is 11.5. The minimum atomic E-state index is 0.141. The average Bonchev–Trinajstić information content (AvgIpc) is 3.05. The van der Waals surface area contributed by atoms with Crippen LogP contribution in [0.25, 0.3) is 22.8 Å². The third-order valence-corrected chi connectivity index (χ3v) is 3.95. The quantitative estimate of drug-likeness (QED) is 0.618. The Balaban J connectivity index is 1.82. The molecule has 3 nitrogen and oxygen atoms in total. The van der Waals surface area contributed by atoms with Crippen molar-refractivity contribution >= 4 is 0 Å². The molecule has 0 spiro atoms. The van der Waals surface area contributed by atoms with Gasteiger partial charge in [-0.3, -0.25) is 0 Å². The maximum absolute atomic E-state index is 5.93. The SMILES string of the molecule is CCOc1ccc(-c2cnc(-c3ccc(C(C)(C)C)cc3)o2)cc1. The predicted molar refractivity (Wildman–Crippen MR) is 97.2 cm³/mol. The van der Waals surface area contributed by atoms with E-state index in [1.165, 1.54) is 5.56 Å². The molecule has 0 unspecified atom stereocenters. The van der Waals surface area contributed by atoms with Gasteiger partial charge < -0.3 is 9.15 Å². The monoisotopic (exact) mass is 321 g/mol. The molecule has 3 aromatic rings. The highest BCUT2D eigenvalue weighted by Gasteiger charge is 2.14. The van der Waals surface area contributed by atoms with Crippen LogP contribution in [0, 0.1) is 0 Å².